The molecule has 1 aliphatic rings. The molecule has 0 radical (unpaired) electrons. The molecule has 1 saturated heterocycles. The predicted octanol–water partition coefficient (Wildman–Crippen LogP) is 1.13. The Morgan fingerprint density at radius 3 is 2.76 bits per heavy atom. The highest BCUT2D eigenvalue weighted by Crippen LogP contribution is 2.18. The first kappa shape index (κ1) is 15.2. The van der Waals surface area contributed by atoms with Crippen molar-refractivity contribution in [3.05, 3.63) is 11.8 Å². The smallest absolute Gasteiger partial charge is 0.251 e. The molecule has 7 nitrogen and oxygen atoms in total. The quantitative estimate of drug-likeness (QED) is 0.837. The Hall–Kier alpha value is -2.18. The zero-order valence-corrected chi connectivity index (χ0v) is 12.7. The summed E-state index contributed by atoms with van der Waals surface area (Å²) in [5.41, 5.74) is 0.746. The molecule has 0 spiro atoms. The van der Waals surface area contributed by atoms with Gasteiger partial charge in [-0.2, -0.15) is 4.98 Å². The van der Waals surface area contributed by atoms with Crippen molar-refractivity contribution in [2.24, 2.45) is 0 Å². The third kappa shape index (κ3) is 3.68. The number of rotatable bonds is 4. The van der Waals surface area contributed by atoms with Crippen LogP contribution in [-0.4, -0.2) is 45.9 Å². The lowest BCUT2D eigenvalue weighted by atomic mass is 10.1. The van der Waals surface area contributed by atoms with Gasteiger partial charge in [0, 0.05) is 25.2 Å². The Labute approximate surface area is 123 Å². The number of aromatic nitrogens is 2. The molecule has 114 valence electrons. The van der Waals surface area contributed by atoms with Crippen LogP contribution in [0.4, 0.5) is 5.95 Å². The van der Waals surface area contributed by atoms with Gasteiger partial charge in [-0.15, -0.1) is 0 Å². The van der Waals surface area contributed by atoms with Gasteiger partial charge in [-0.1, -0.05) is 0 Å². The average Bonchev–Trinajstić information content (AvgIpc) is 2.38. The minimum atomic E-state index is -0.485. The van der Waals surface area contributed by atoms with Gasteiger partial charge in [-0.25, -0.2) is 4.98 Å². The zero-order chi connectivity index (χ0) is 15.6. The molecule has 21 heavy (non-hydrogen) atoms. The fourth-order valence-electron chi connectivity index (χ4n) is 2.11. The van der Waals surface area contributed by atoms with Crippen LogP contribution in [-0.2, 0) is 9.59 Å². The lowest BCUT2D eigenvalue weighted by molar-refractivity contribution is -0.146. The highest BCUT2D eigenvalue weighted by atomic mass is 16.5. The maximum atomic E-state index is 12.0. The molecule has 2 amide bonds. The lowest BCUT2D eigenvalue weighted by Crippen LogP contribution is -2.48. The molecule has 0 bridgehead atoms. The van der Waals surface area contributed by atoms with E-state index >= 15 is 0 Å². The number of hydrogen-bond donors (Lipinski definition) is 1. The molecule has 7 heteroatoms. The summed E-state index contributed by atoms with van der Waals surface area (Å²) < 4.78 is 5.55. The Morgan fingerprint density at radius 2 is 2.10 bits per heavy atom. The topological polar surface area (TPSA) is 84.4 Å². The molecule has 1 aliphatic heterocycles. The maximum Gasteiger partial charge on any atom is 0.251 e. The second kappa shape index (κ2) is 6.07. The molecule has 1 unspecified atom stereocenters. The number of hydrogen-bond acceptors (Lipinski definition) is 6. The van der Waals surface area contributed by atoms with Crippen LogP contribution in [0.2, 0.25) is 0 Å². The van der Waals surface area contributed by atoms with E-state index < -0.39 is 6.04 Å². The van der Waals surface area contributed by atoms with Gasteiger partial charge in [-0.3, -0.25) is 14.5 Å². The number of likely N-dealkylation sites (N-methyl/N-ethyl adjacent to an activating group) is 1. The van der Waals surface area contributed by atoms with Crippen molar-refractivity contribution in [3.8, 4) is 5.88 Å². The Bertz CT molecular complexity index is 559. The largest absolute Gasteiger partial charge is 0.475 e. The van der Waals surface area contributed by atoms with Crippen molar-refractivity contribution in [1.29, 1.82) is 0 Å². The van der Waals surface area contributed by atoms with Gasteiger partial charge in [0.15, 0.2) is 0 Å². The van der Waals surface area contributed by atoms with Gasteiger partial charge in [-0.05, 0) is 27.2 Å². The summed E-state index contributed by atoms with van der Waals surface area (Å²) in [6.07, 6.45) is 0.785. The van der Waals surface area contributed by atoms with Crippen molar-refractivity contribution in [2.75, 3.05) is 12.4 Å². The van der Waals surface area contributed by atoms with E-state index in [4.69, 9.17) is 4.74 Å². The van der Waals surface area contributed by atoms with E-state index in [0.717, 1.165) is 10.6 Å². The number of nitrogens with one attached hydrogen (secondary N) is 1. The first-order valence-corrected chi connectivity index (χ1v) is 6.96. The van der Waals surface area contributed by atoms with Gasteiger partial charge >= 0.3 is 0 Å². The van der Waals surface area contributed by atoms with Crippen LogP contribution >= 0.6 is 0 Å². The summed E-state index contributed by atoms with van der Waals surface area (Å²) >= 11 is 0. The van der Waals surface area contributed by atoms with Crippen molar-refractivity contribution in [3.63, 3.8) is 0 Å². The summed E-state index contributed by atoms with van der Waals surface area (Å²) in [7, 11) is 1.49. The number of carbonyl (C=O) groups is 2. The van der Waals surface area contributed by atoms with E-state index in [0.29, 0.717) is 24.7 Å². The molecule has 1 aromatic rings. The van der Waals surface area contributed by atoms with Gasteiger partial charge in [0.05, 0.1) is 6.10 Å². The van der Waals surface area contributed by atoms with E-state index in [1.807, 2.05) is 20.8 Å². The Morgan fingerprint density at radius 1 is 1.38 bits per heavy atom. The molecular weight excluding hydrogens is 272 g/mol. The standard InChI is InChI=1S/C14H20N4O3/c1-8(2)21-11-7-9(3)15-14(17-11)16-10-5-6-12(19)18(4)13(10)20/h7-8,10H,5-6H2,1-4H3,(H,15,16,17). The third-order valence-electron chi connectivity index (χ3n) is 3.14. The minimum absolute atomic E-state index is 0.00668. The number of aryl methyl sites for hydroxylation is 1. The van der Waals surface area contributed by atoms with E-state index in [1.165, 1.54) is 7.05 Å². The van der Waals surface area contributed by atoms with Crippen molar-refractivity contribution >= 4 is 17.8 Å². The minimum Gasteiger partial charge on any atom is -0.475 e. The number of likely N-dealkylation sites (tertiary alicyclic amines) is 1. The average molecular weight is 292 g/mol. The maximum absolute atomic E-state index is 12.0. The third-order valence-corrected chi connectivity index (χ3v) is 3.14. The predicted molar refractivity (Wildman–Crippen MR) is 77.0 cm³/mol. The summed E-state index contributed by atoms with van der Waals surface area (Å²) in [4.78, 5) is 33.1. The van der Waals surface area contributed by atoms with Gasteiger partial charge in [0.1, 0.15) is 6.04 Å². The number of ether oxygens (including phenoxy) is 1. The Balaban J connectivity index is 2.14. The number of piperidine rings is 1. The van der Waals surface area contributed by atoms with Crippen LogP contribution in [0.3, 0.4) is 0 Å². The van der Waals surface area contributed by atoms with Gasteiger partial charge in [0.25, 0.3) is 5.91 Å². The summed E-state index contributed by atoms with van der Waals surface area (Å²) in [5.74, 6) is 0.383. The van der Waals surface area contributed by atoms with Crippen LogP contribution in [0.25, 0.3) is 0 Å². The molecule has 1 atom stereocenters. The summed E-state index contributed by atoms with van der Waals surface area (Å²) in [5, 5.41) is 2.99. The van der Waals surface area contributed by atoms with E-state index in [-0.39, 0.29) is 17.9 Å². The molecular formula is C14H20N4O3. The number of amides is 2. The van der Waals surface area contributed by atoms with Crippen LogP contribution < -0.4 is 10.1 Å². The summed E-state index contributed by atoms with van der Waals surface area (Å²) in [6, 6.07) is 1.25. The normalized spacial score (nSPS) is 19.1. The monoisotopic (exact) mass is 292 g/mol. The molecule has 0 aliphatic carbocycles. The molecule has 2 heterocycles. The lowest BCUT2D eigenvalue weighted by Gasteiger charge is -2.28. The van der Waals surface area contributed by atoms with Crippen LogP contribution in [0.1, 0.15) is 32.4 Å². The molecule has 1 aromatic heterocycles. The molecule has 1 fully saturated rings. The molecule has 0 saturated carbocycles. The number of anilines is 1. The second-order valence-electron chi connectivity index (χ2n) is 5.36. The number of carbonyl (C=O) groups excluding carboxylic acids is 2. The highest BCUT2D eigenvalue weighted by Gasteiger charge is 2.32. The fourth-order valence-corrected chi connectivity index (χ4v) is 2.11. The number of nitrogens with zero attached hydrogens (tertiary/aromatic N) is 3. The van der Waals surface area contributed by atoms with Crippen LogP contribution in [0, 0.1) is 6.92 Å². The first-order valence-electron chi connectivity index (χ1n) is 6.96. The second-order valence-corrected chi connectivity index (χ2v) is 5.36. The molecule has 1 N–H and O–H groups in total. The number of imide groups is 1. The van der Waals surface area contributed by atoms with E-state index in [9.17, 15) is 9.59 Å². The first-order chi connectivity index (χ1) is 9.86. The molecule has 2 rings (SSSR count). The fraction of sp³-hybridized carbons (Fsp3) is 0.571. The molecule has 0 aromatic carbocycles. The van der Waals surface area contributed by atoms with Crippen LogP contribution in [0.5, 0.6) is 5.88 Å². The SMILES string of the molecule is Cc1cc(OC(C)C)nc(NC2CCC(=O)N(C)C2=O)n1. The van der Waals surface area contributed by atoms with Crippen LogP contribution in [0.15, 0.2) is 6.07 Å². The zero-order valence-electron chi connectivity index (χ0n) is 12.7. The van der Waals surface area contributed by atoms with E-state index in [1.54, 1.807) is 6.07 Å². The van der Waals surface area contributed by atoms with Crippen molar-refractivity contribution < 1.29 is 14.3 Å². The Kier molecular flexibility index (Phi) is 4.40. The highest BCUT2D eigenvalue weighted by molar-refractivity contribution is 6.01. The summed E-state index contributed by atoms with van der Waals surface area (Å²) in [6.45, 7) is 5.66. The van der Waals surface area contributed by atoms with Gasteiger partial charge in [0.2, 0.25) is 17.7 Å². The van der Waals surface area contributed by atoms with E-state index in [2.05, 4.69) is 15.3 Å². The van der Waals surface area contributed by atoms with Crippen molar-refractivity contribution in [2.45, 2.75) is 45.8 Å². The van der Waals surface area contributed by atoms with Crippen molar-refractivity contribution in [1.82, 2.24) is 14.9 Å². The van der Waals surface area contributed by atoms with Gasteiger partial charge < -0.3 is 10.1 Å².